The molecule has 0 heterocycles. The molecule has 0 radical (unpaired) electrons. The van der Waals surface area contributed by atoms with Gasteiger partial charge in [0.2, 0.25) is 0 Å². The molecule has 0 saturated carbocycles. The first-order chi connectivity index (χ1) is 15.9. The van der Waals surface area contributed by atoms with Gasteiger partial charge in [-0.25, -0.2) is 4.79 Å². The van der Waals surface area contributed by atoms with Crippen LogP contribution < -0.4 is 9.47 Å². The highest BCUT2D eigenvalue weighted by atomic mass is 35.5. The van der Waals surface area contributed by atoms with Gasteiger partial charge in [-0.05, 0) is 36.8 Å². The first-order valence-electron chi connectivity index (χ1n) is 9.97. The Labute approximate surface area is 194 Å². The number of carbonyl (C=O) groups excluding carboxylic acids is 2. The van der Waals surface area contributed by atoms with E-state index >= 15 is 0 Å². The highest BCUT2D eigenvalue weighted by molar-refractivity contribution is 6.32. The van der Waals surface area contributed by atoms with Crippen LogP contribution >= 0.6 is 11.6 Å². The number of halogens is 1. The Kier molecular flexibility index (Phi) is 7.99. The van der Waals surface area contributed by atoms with E-state index < -0.39 is 23.3 Å². The normalized spacial score (nSPS) is 10.4. The SMILES string of the molecule is CCOc1c(Cl)cc(C(=O)OCC(=O)c2ccc([N+](=O)[O-])cc2)cc1OCc1ccccc1. The van der Waals surface area contributed by atoms with Gasteiger partial charge < -0.3 is 14.2 Å². The molecule has 9 heteroatoms. The predicted molar refractivity (Wildman–Crippen MR) is 121 cm³/mol. The molecule has 0 amide bonds. The lowest BCUT2D eigenvalue weighted by Crippen LogP contribution is -2.14. The molecule has 3 aromatic carbocycles. The molecular formula is C24H20ClNO7. The van der Waals surface area contributed by atoms with E-state index in [4.69, 9.17) is 25.8 Å². The van der Waals surface area contributed by atoms with Gasteiger partial charge in [-0.1, -0.05) is 41.9 Å². The minimum absolute atomic E-state index is 0.0861. The zero-order valence-electron chi connectivity index (χ0n) is 17.7. The molecule has 0 spiro atoms. The van der Waals surface area contributed by atoms with Gasteiger partial charge in [0, 0.05) is 17.7 Å². The van der Waals surface area contributed by atoms with Crippen molar-refractivity contribution in [2.45, 2.75) is 13.5 Å². The summed E-state index contributed by atoms with van der Waals surface area (Å²) in [6.45, 7) is 1.83. The number of hydrogen-bond acceptors (Lipinski definition) is 7. The molecule has 0 aliphatic rings. The average molecular weight is 470 g/mol. The second-order valence-corrected chi connectivity index (χ2v) is 7.20. The molecule has 8 nitrogen and oxygen atoms in total. The number of rotatable bonds is 10. The molecule has 0 bridgehead atoms. The lowest BCUT2D eigenvalue weighted by Gasteiger charge is -2.15. The van der Waals surface area contributed by atoms with Crippen LogP contribution in [0.4, 0.5) is 5.69 Å². The molecule has 3 rings (SSSR count). The number of hydrogen-bond donors (Lipinski definition) is 0. The lowest BCUT2D eigenvalue weighted by molar-refractivity contribution is -0.384. The molecule has 0 fully saturated rings. The van der Waals surface area contributed by atoms with Gasteiger partial charge in [0.1, 0.15) is 6.61 Å². The summed E-state index contributed by atoms with van der Waals surface area (Å²) in [4.78, 5) is 35.0. The smallest absolute Gasteiger partial charge is 0.338 e. The van der Waals surface area contributed by atoms with Crippen molar-refractivity contribution in [2.24, 2.45) is 0 Å². The third kappa shape index (κ3) is 6.30. The molecule has 0 aliphatic heterocycles. The van der Waals surface area contributed by atoms with Crippen LogP contribution in [0, 0.1) is 10.1 Å². The van der Waals surface area contributed by atoms with Crippen molar-refractivity contribution < 1.29 is 28.7 Å². The number of ketones is 1. The van der Waals surface area contributed by atoms with E-state index in [9.17, 15) is 19.7 Å². The van der Waals surface area contributed by atoms with Crippen LogP contribution in [0.15, 0.2) is 66.7 Å². The second-order valence-electron chi connectivity index (χ2n) is 6.80. The highest BCUT2D eigenvalue weighted by Crippen LogP contribution is 2.37. The first kappa shape index (κ1) is 23.7. The van der Waals surface area contributed by atoms with Crippen LogP contribution in [0.3, 0.4) is 0 Å². The van der Waals surface area contributed by atoms with Gasteiger partial charge >= 0.3 is 5.97 Å². The summed E-state index contributed by atoms with van der Waals surface area (Å²) in [5.41, 5.74) is 1.04. The van der Waals surface area contributed by atoms with E-state index in [0.717, 1.165) is 5.56 Å². The van der Waals surface area contributed by atoms with Gasteiger partial charge in [0.25, 0.3) is 5.69 Å². The largest absolute Gasteiger partial charge is 0.488 e. The summed E-state index contributed by atoms with van der Waals surface area (Å²) in [5, 5.41) is 10.9. The van der Waals surface area contributed by atoms with Crippen molar-refractivity contribution in [3.8, 4) is 11.5 Å². The van der Waals surface area contributed by atoms with Gasteiger partial charge in [-0.3, -0.25) is 14.9 Å². The molecule has 170 valence electrons. The molecule has 3 aromatic rings. The zero-order valence-corrected chi connectivity index (χ0v) is 18.4. The van der Waals surface area contributed by atoms with Crippen molar-refractivity contribution in [1.29, 1.82) is 0 Å². The fourth-order valence-corrected chi connectivity index (χ4v) is 3.15. The maximum absolute atomic E-state index is 12.6. The third-order valence-corrected chi connectivity index (χ3v) is 4.79. The summed E-state index contributed by atoms with van der Waals surface area (Å²) in [6, 6.07) is 17.3. The Morgan fingerprint density at radius 3 is 2.30 bits per heavy atom. The highest BCUT2D eigenvalue weighted by Gasteiger charge is 2.19. The standard InChI is InChI=1S/C24H20ClNO7/c1-2-31-23-20(25)12-18(13-22(23)32-14-16-6-4-3-5-7-16)24(28)33-15-21(27)17-8-10-19(11-9-17)26(29)30/h3-13H,2,14-15H2,1H3. The van der Waals surface area contributed by atoms with E-state index in [0.29, 0.717) is 12.4 Å². The van der Waals surface area contributed by atoms with E-state index in [1.165, 1.54) is 36.4 Å². The van der Waals surface area contributed by atoms with Crippen LogP contribution in [0.25, 0.3) is 0 Å². The predicted octanol–water partition coefficient (Wildman–Crippen LogP) is 5.27. The van der Waals surface area contributed by atoms with Crippen molar-refractivity contribution >= 4 is 29.0 Å². The molecule has 0 aliphatic carbocycles. The molecule has 0 aromatic heterocycles. The van der Waals surface area contributed by atoms with Crippen molar-refractivity contribution in [3.63, 3.8) is 0 Å². The maximum Gasteiger partial charge on any atom is 0.338 e. The molecule has 0 saturated heterocycles. The van der Waals surface area contributed by atoms with Crippen molar-refractivity contribution in [2.75, 3.05) is 13.2 Å². The summed E-state index contributed by atoms with van der Waals surface area (Å²) in [6.07, 6.45) is 0. The van der Waals surface area contributed by atoms with Crippen LogP contribution in [0.5, 0.6) is 11.5 Å². The number of nitro groups is 1. The van der Waals surface area contributed by atoms with Crippen molar-refractivity contribution in [1.82, 2.24) is 0 Å². The van der Waals surface area contributed by atoms with E-state index in [1.807, 2.05) is 30.3 Å². The minimum atomic E-state index is -0.778. The quantitative estimate of drug-likeness (QED) is 0.172. The van der Waals surface area contributed by atoms with Gasteiger partial charge in [-0.15, -0.1) is 0 Å². The fourth-order valence-electron chi connectivity index (χ4n) is 2.88. The number of nitrogens with zero attached hydrogens (tertiary/aromatic N) is 1. The lowest BCUT2D eigenvalue weighted by atomic mass is 10.1. The molecule has 0 N–H and O–H groups in total. The van der Waals surface area contributed by atoms with Crippen LogP contribution in [0.2, 0.25) is 5.02 Å². The molecule has 0 atom stereocenters. The van der Waals surface area contributed by atoms with Gasteiger partial charge in [0.15, 0.2) is 23.9 Å². The minimum Gasteiger partial charge on any atom is -0.488 e. The van der Waals surface area contributed by atoms with E-state index in [1.54, 1.807) is 6.92 Å². The number of ether oxygens (including phenoxy) is 3. The Morgan fingerprint density at radius 1 is 0.970 bits per heavy atom. The van der Waals surface area contributed by atoms with E-state index in [-0.39, 0.29) is 34.2 Å². The summed E-state index contributed by atoms with van der Waals surface area (Å²) < 4.78 is 16.5. The topological polar surface area (TPSA) is 105 Å². The van der Waals surface area contributed by atoms with Gasteiger partial charge in [0.05, 0.1) is 22.1 Å². The number of benzene rings is 3. The number of nitro benzene ring substituents is 1. The monoisotopic (exact) mass is 469 g/mol. The first-order valence-corrected chi connectivity index (χ1v) is 10.3. The Hall–Kier alpha value is -3.91. The van der Waals surface area contributed by atoms with Crippen LogP contribution in [0.1, 0.15) is 33.2 Å². The molecular weight excluding hydrogens is 450 g/mol. The fraction of sp³-hybridized carbons (Fsp3) is 0.167. The maximum atomic E-state index is 12.6. The van der Waals surface area contributed by atoms with Crippen molar-refractivity contribution in [3.05, 3.63) is 98.6 Å². The number of non-ortho nitro benzene ring substituents is 1. The number of carbonyl (C=O) groups is 2. The summed E-state index contributed by atoms with van der Waals surface area (Å²) in [7, 11) is 0. The van der Waals surface area contributed by atoms with E-state index in [2.05, 4.69) is 0 Å². The Bertz CT molecular complexity index is 1150. The molecule has 0 unspecified atom stereocenters. The molecule has 33 heavy (non-hydrogen) atoms. The number of Topliss-reactive ketones (excluding diaryl/α,β-unsaturated/α-hetero) is 1. The summed E-state index contributed by atoms with van der Waals surface area (Å²) in [5.74, 6) is -0.717. The van der Waals surface area contributed by atoms with Crippen LogP contribution in [-0.4, -0.2) is 29.9 Å². The van der Waals surface area contributed by atoms with Gasteiger partial charge in [-0.2, -0.15) is 0 Å². The zero-order chi connectivity index (χ0) is 23.8. The second kappa shape index (κ2) is 11.1. The third-order valence-electron chi connectivity index (χ3n) is 4.51. The number of esters is 1. The summed E-state index contributed by atoms with van der Waals surface area (Å²) >= 11 is 6.30. The average Bonchev–Trinajstić information content (AvgIpc) is 2.83. The Balaban J connectivity index is 1.71. The van der Waals surface area contributed by atoms with Crippen LogP contribution in [-0.2, 0) is 11.3 Å². The Morgan fingerprint density at radius 2 is 1.67 bits per heavy atom.